The van der Waals surface area contributed by atoms with Gasteiger partial charge in [-0.25, -0.2) is 0 Å². The molecule has 0 aliphatic heterocycles. The molecular weight excluding hydrogens is 701 g/mol. The Morgan fingerprint density at radius 3 is 0.946 bits per heavy atom. The van der Waals surface area contributed by atoms with E-state index in [0.29, 0.717) is 22.5 Å². The largest absolute Gasteiger partial charge is 0.506 e. The minimum atomic E-state index is -0.763. The Bertz CT molecular complexity index is 2460. The molecule has 0 fully saturated rings. The first-order chi connectivity index (χ1) is 27.0. The van der Waals surface area contributed by atoms with Gasteiger partial charge in [-0.3, -0.25) is 4.79 Å². The van der Waals surface area contributed by atoms with E-state index in [9.17, 15) is 30.3 Å². The Balaban J connectivity index is 1.03. The molecule has 7 aromatic carbocycles. The van der Waals surface area contributed by atoms with Crippen molar-refractivity contribution in [2.45, 2.75) is 0 Å². The van der Waals surface area contributed by atoms with Crippen molar-refractivity contribution in [3.05, 3.63) is 176 Å². The zero-order valence-electron chi connectivity index (χ0n) is 30.0. The zero-order valence-corrected chi connectivity index (χ0v) is 30.0. The molecule has 0 unspecified atom stereocenters. The van der Waals surface area contributed by atoms with Crippen molar-refractivity contribution in [2.24, 2.45) is 0 Å². The fourth-order valence-corrected chi connectivity index (χ4v) is 6.26. The van der Waals surface area contributed by atoms with Gasteiger partial charge in [0.1, 0.15) is 22.6 Å². The van der Waals surface area contributed by atoms with Gasteiger partial charge in [-0.05, 0) is 80.9 Å². The lowest BCUT2D eigenvalue weighted by atomic mass is 9.87. The van der Waals surface area contributed by atoms with Crippen LogP contribution in [0.4, 0.5) is 11.4 Å². The highest BCUT2D eigenvalue weighted by molar-refractivity contribution is 5.97. The molecule has 274 valence electrons. The zero-order chi connectivity index (χ0) is 39.3. The van der Waals surface area contributed by atoms with Crippen LogP contribution in [0.3, 0.4) is 0 Å². The molecule has 0 saturated carbocycles. The van der Waals surface area contributed by atoms with E-state index in [2.05, 4.69) is 0 Å². The predicted octanol–water partition coefficient (Wildman–Crippen LogP) is 9.91. The number of nitrogens with two attached hydrogens (primary N) is 2. The van der Waals surface area contributed by atoms with Gasteiger partial charge in [-0.15, -0.1) is 0 Å². The SMILES string of the molecule is Nc1ccc(/C=C/c2ccc(/C=C/c3cc(O)c(-c4c(O)[c+](-c5c(O)cc(/C=C/c6ccc(/C=C/c7ccc(N)cc7)cc6)cc5O)c4=O)c(O)c3)cc2)cc1. The number of rotatable bonds is 10. The Hall–Kier alpha value is -7.84. The Morgan fingerprint density at radius 2 is 0.643 bits per heavy atom. The number of nitrogen functional groups attached to an aromatic ring is 2. The van der Waals surface area contributed by atoms with Gasteiger partial charge >= 0.3 is 0 Å². The molecule has 0 spiro atoms. The van der Waals surface area contributed by atoms with E-state index >= 15 is 0 Å². The van der Waals surface area contributed by atoms with Crippen LogP contribution in [0.15, 0.2) is 126 Å². The molecule has 7 aromatic rings. The molecule has 56 heavy (non-hydrogen) atoms. The lowest BCUT2D eigenvalue weighted by Crippen LogP contribution is -2.15. The number of benzene rings is 6. The summed E-state index contributed by atoms with van der Waals surface area (Å²) < 4.78 is 0. The predicted molar refractivity (Wildman–Crippen MR) is 229 cm³/mol. The minimum absolute atomic E-state index is 0.254. The third kappa shape index (κ3) is 8.05. The molecule has 8 nitrogen and oxygen atoms in total. The Morgan fingerprint density at radius 1 is 0.375 bits per heavy atom. The van der Waals surface area contributed by atoms with Crippen molar-refractivity contribution < 1.29 is 25.5 Å². The summed E-state index contributed by atoms with van der Waals surface area (Å²) in [5, 5.41) is 54.5. The summed E-state index contributed by atoms with van der Waals surface area (Å²) in [5.74, 6) is -2.29. The molecular formula is C48H37N2O6+. The number of phenolic OH excluding ortho intramolecular Hbond substituents is 4. The number of hydrogen-bond acceptors (Lipinski definition) is 8. The van der Waals surface area contributed by atoms with Gasteiger partial charge < -0.3 is 37.0 Å². The van der Waals surface area contributed by atoms with Crippen molar-refractivity contribution >= 4 is 60.0 Å². The Labute approximate surface area is 323 Å². The monoisotopic (exact) mass is 737 g/mol. The highest BCUT2D eigenvalue weighted by Crippen LogP contribution is 2.50. The van der Waals surface area contributed by atoms with Crippen LogP contribution in [0.5, 0.6) is 28.7 Å². The summed E-state index contributed by atoms with van der Waals surface area (Å²) in [6.07, 6.45) is 15.0. The summed E-state index contributed by atoms with van der Waals surface area (Å²) in [7, 11) is 0. The van der Waals surface area contributed by atoms with Gasteiger partial charge in [-0.2, -0.15) is 0 Å². The standard InChI is InChI=1S/C48H36N2O6/c49-37-21-17-33(18-22-37)11-9-29-1-5-31(6-2-29)13-15-35-25-39(51)43(40(52)26-35)45-47(55)46(48(45)56)44-41(53)27-36(28-42(44)54)16-14-32-7-3-30(4-8-32)10-12-34-19-23-38(50)24-20-34/h1-28H,49-50H2,(H4-,51,52,53,54,55,56)/p+1/b11-9+,12-10+,15-13+,16-14+. The van der Waals surface area contributed by atoms with Crippen molar-refractivity contribution in [3.8, 4) is 51.0 Å². The fraction of sp³-hybridized carbons (Fsp3) is 0. The second kappa shape index (κ2) is 15.6. The summed E-state index contributed by atoms with van der Waals surface area (Å²) in [4.78, 5) is 13.4. The lowest BCUT2D eigenvalue weighted by molar-refractivity contribution is 0.444. The number of hydrogen-bond donors (Lipinski definition) is 7. The minimum Gasteiger partial charge on any atom is -0.506 e. The molecule has 0 heterocycles. The third-order valence-electron chi connectivity index (χ3n) is 9.28. The van der Waals surface area contributed by atoms with Crippen molar-refractivity contribution in [1.82, 2.24) is 0 Å². The average Bonchev–Trinajstić information content (AvgIpc) is 3.19. The van der Waals surface area contributed by atoms with Crippen molar-refractivity contribution in [1.29, 1.82) is 0 Å². The van der Waals surface area contributed by atoms with Crippen LogP contribution in [-0.4, -0.2) is 25.5 Å². The van der Waals surface area contributed by atoms with E-state index in [1.165, 1.54) is 24.3 Å². The second-order valence-electron chi connectivity index (χ2n) is 13.3. The molecule has 0 bridgehead atoms. The fourth-order valence-electron chi connectivity index (χ4n) is 6.26. The highest BCUT2D eigenvalue weighted by Gasteiger charge is 2.38. The van der Waals surface area contributed by atoms with E-state index in [1.54, 1.807) is 12.2 Å². The van der Waals surface area contributed by atoms with Gasteiger partial charge in [-0.1, -0.05) is 121 Å². The first-order valence-electron chi connectivity index (χ1n) is 17.6. The smallest absolute Gasteiger partial charge is 0.268 e. The highest BCUT2D eigenvalue weighted by atomic mass is 16.3. The molecule has 0 aliphatic carbocycles. The summed E-state index contributed by atoms with van der Waals surface area (Å²) in [6.45, 7) is 0. The van der Waals surface area contributed by atoms with Gasteiger partial charge in [0.15, 0.2) is 22.6 Å². The van der Waals surface area contributed by atoms with Gasteiger partial charge in [0.2, 0.25) is 5.75 Å². The van der Waals surface area contributed by atoms with Crippen LogP contribution < -0.4 is 16.9 Å². The van der Waals surface area contributed by atoms with Crippen LogP contribution >= 0.6 is 0 Å². The lowest BCUT2D eigenvalue weighted by Gasteiger charge is -2.13. The van der Waals surface area contributed by atoms with Gasteiger partial charge in [0.25, 0.3) is 5.43 Å². The van der Waals surface area contributed by atoms with Crippen LogP contribution in [-0.2, 0) is 0 Å². The first-order valence-corrected chi connectivity index (χ1v) is 17.6. The molecule has 0 aliphatic rings. The maximum atomic E-state index is 13.4. The van der Waals surface area contributed by atoms with E-state index in [4.69, 9.17) is 11.5 Å². The number of aromatic hydroxyl groups is 5. The van der Waals surface area contributed by atoms with Crippen molar-refractivity contribution in [2.75, 3.05) is 11.5 Å². The quantitative estimate of drug-likeness (QED) is 0.0413. The molecule has 0 aromatic heterocycles. The van der Waals surface area contributed by atoms with E-state index in [1.807, 2.05) is 134 Å². The first kappa shape index (κ1) is 36.5. The molecule has 0 amide bonds. The van der Waals surface area contributed by atoms with Crippen LogP contribution in [0.2, 0.25) is 0 Å². The molecule has 7 rings (SSSR count). The second-order valence-corrected chi connectivity index (χ2v) is 13.3. The van der Waals surface area contributed by atoms with Crippen LogP contribution in [0.25, 0.3) is 70.9 Å². The molecule has 0 radical (unpaired) electrons. The number of phenols is 4. The van der Waals surface area contributed by atoms with Crippen LogP contribution in [0.1, 0.15) is 44.5 Å². The van der Waals surface area contributed by atoms with Crippen LogP contribution in [0, 0.1) is 0 Å². The van der Waals surface area contributed by atoms with E-state index in [-0.39, 0.29) is 22.3 Å². The third-order valence-corrected chi connectivity index (χ3v) is 9.28. The van der Waals surface area contributed by atoms with E-state index in [0.717, 1.165) is 33.4 Å². The average molecular weight is 738 g/mol. The maximum absolute atomic E-state index is 13.4. The Kier molecular flexibility index (Phi) is 10.2. The molecule has 0 saturated heterocycles. The van der Waals surface area contributed by atoms with Gasteiger partial charge in [0, 0.05) is 23.5 Å². The molecule has 0 atom stereocenters. The summed E-state index contributed by atoms with van der Waals surface area (Å²) >= 11 is 0. The topological polar surface area (TPSA) is 170 Å². The van der Waals surface area contributed by atoms with Gasteiger partial charge in [0.05, 0.1) is 0 Å². The molecule has 8 heteroatoms. The number of anilines is 2. The maximum Gasteiger partial charge on any atom is 0.268 e. The summed E-state index contributed by atoms with van der Waals surface area (Å²) in [6, 6.07) is 36.1. The summed E-state index contributed by atoms with van der Waals surface area (Å²) in [5.41, 5.74) is 17.7. The normalized spacial score (nSPS) is 11.9. The van der Waals surface area contributed by atoms with E-state index < -0.39 is 34.2 Å². The molecule has 9 N–H and O–H groups in total. The van der Waals surface area contributed by atoms with Crippen molar-refractivity contribution in [3.63, 3.8) is 0 Å².